The van der Waals surface area contributed by atoms with Crippen LogP contribution in [0.5, 0.6) is 0 Å². The fourth-order valence-electron chi connectivity index (χ4n) is 2.18. The molecular formula is C16H15ClN2OS. The first-order valence-electron chi connectivity index (χ1n) is 6.88. The predicted octanol–water partition coefficient (Wildman–Crippen LogP) is 4.63. The van der Waals surface area contributed by atoms with Crippen LogP contribution < -0.4 is 5.32 Å². The van der Waals surface area contributed by atoms with E-state index in [-0.39, 0.29) is 11.9 Å². The van der Waals surface area contributed by atoms with E-state index in [1.807, 2.05) is 44.2 Å². The molecule has 0 aliphatic rings. The van der Waals surface area contributed by atoms with Gasteiger partial charge in [0, 0.05) is 21.5 Å². The average molecular weight is 319 g/mol. The minimum Gasteiger partial charge on any atom is -0.349 e. The maximum atomic E-state index is 12.3. The third-order valence-electron chi connectivity index (χ3n) is 3.54. The van der Waals surface area contributed by atoms with Crippen LogP contribution in [0.1, 0.15) is 29.9 Å². The van der Waals surface area contributed by atoms with Gasteiger partial charge in [-0.15, -0.1) is 11.3 Å². The molecule has 3 nitrogen and oxygen atoms in total. The van der Waals surface area contributed by atoms with Crippen molar-refractivity contribution in [2.75, 3.05) is 0 Å². The highest BCUT2D eigenvalue weighted by Gasteiger charge is 2.16. The number of para-hydroxylation sites is 1. The van der Waals surface area contributed by atoms with Gasteiger partial charge in [0.05, 0.1) is 10.4 Å². The molecule has 1 aromatic carbocycles. The van der Waals surface area contributed by atoms with E-state index in [9.17, 15) is 4.79 Å². The number of halogens is 1. The van der Waals surface area contributed by atoms with E-state index in [1.165, 1.54) is 11.3 Å². The zero-order valence-electron chi connectivity index (χ0n) is 11.8. The summed E-state index contributed by atoms with van der Waals surface area (Å²) in [7, 11) is 0. The molecule has 0 bridgehead atoms. The Morgan fingerprint density at radius 3 is 2.90 bits per heavy atom. The van der Waals surface area contributed by atoms with E-state index < -0.39 is 0 Å². The van der Waals surface area contributed by atoms with Crippen molar-refractivity contribution in [2.24, 2.45) is 0 Å². The van der Waals surface area contributed by atoms with Gasteiger partial charge in [-0.2, -0.15) is 0 Å². The third-order valence-corrected chi connectivity index (χ3v) is 4.99. The van der Waals surface area contributed by atoms with Gasteiger partial charge in [-0.05, 0) is 25.5 Å². The second-order valence-electron chi connectivity index (χ2n) is 5.06. The Kier molecular flexibility index (Phi) is 3.83. The second kappa shape index (κ2) is 5.62. The van der Waals surface area contributed by atoms with Gasteiger partial charge in [-0.25, -0.2) is 4.98 Å². The van der Waals surface area contributed by atoms with Gasteiger partial charge in [-0.1, -0.05) is 36.7 Å². The van der Waals surface area contributed by atoms with E-state index in [2.05, 4.69) is 10.3 Å². The van der Waals surface area contributed by atoms with E-state index >= 15 is 0 Å². The molecule has 0 saturated carbocycles. The van der Waals surface area contributed by atoms with Gasteiger partial charge in [0.1, 0.15) is 5.15 Å². The Morgan fingerprint density at radius 1 is 1.38 bits per heavy atom. The van der Waals surface area contributed by atoms with Crippen LogP contribution >= 0.6 is 22.9 Å². The number of carbonyl (C=O) groups excluding carboxylic acids is 1. The topological polar surface area (TPSA) is 42.0 Å². The van der Waals surface area contributed by atoms with Crippen LogP contribution in [0.15, 0.2) is 30.3 Å². The molecule has 0 aliphatic carbocycles. The number of thiophene rings is 1. The Balaban J connectivity index is 2.13. The summed E-state index contributed by atoms with van der Waals surface area (Å²) < 4.78 is 1.01. The molecule has 0 fully saturated rings. The van der Waals surface area contributed by atoms with Crippen molar-refractivity contribution in [2.45, 2.75) is 26.3 Å². The van der Waals surface area contributed by atoms with Crippen molar-refractivity contribution < 1.29 is 4.79 Å². The van der Waals surface area contributed by atoms with Crippen LogP contribution in [0.3, 0.4) is 0 Å². The zero-order chi connectivity index (χ0) is 15.0. The number of aromatic nitrogens is 1. The molecule has 21 heavy (non-hydrogen) atoms. The van der Waals surface area contributed by atoms with Gasteiger partial charge in [0.2, 0.25) is 0 Å². The molecule has 1 amide bonds. The molecule has 2 aromatic heterocycles. The number of nitrogens with one attached hydrogen (secondary N) is 1. The van der Waals surface area contributed by atoms with E-state index in [0.717, 1.165) is 27.4 Å². The van der Waals surface area contributed by atoms with Crippen molar-refractivity contribution in [3.8, 4) is 0 Å². The van der Waals surface area contributed by atoms with E-state index in [4.69, 9.17) is 11.6 Å². The normalized spacial score (nSPS) is 12.7. The lowest BCUT2D eigenvalue weighted by Gasteiger charge is -2.09. The molecule has 2 heterocycles. The number of amides is 1. The molecule has 5 heteroatoms. The lowest BCUT2D eigenvalue weighted by molar-refractivity contribution is 0.0943. The number of rotatable bonds is 3. The quantitative estimate of drug-likeness (QED) is 0.715. The molecule has 3 aromatic rings. The lowest BCUT2D eigenvalue weighted by atomic mass is 10.2. The van der Waals surface area contributed by atoms with Crippen molar-refractivity contribution >= 4 is 49.8 Å². The minimum absolute atomic E-state index is 0.0503. The van der Waals surface area contributed by atoms with E-state index in [0.29, 0.717) is 10.0 Å². The summed E-state index contributed by atoms with van der Waals surface area (Å²) in [5, 5.41) is 5.30. The summed E-state index contributed by atoms with van der Waals surface area (Å²) in [5.41, 5.74) is 0.853. The van der Waals surface area contributed by atoms with Crippen LogP contribution in [0.2, 0.25) is 5.15 Å². The molecular weight excluding hydrogens is 304 g/mol. The number of benzene rings is 1. The van der Waals surface area contributed by atoms with Crippen LogP contribution in [-0.2, 0) is 0 Å². The molecule has 1 N–H and O–H groups in total. The smallest absolute Gasteiger partial charge is 0.261 e. The highest BCUT2D eigenvalue weighted by Crippen LogP contribution is 2.35. The average Bonchev–Trinajstić information content (AvgIpc) is 2.93. The van der Waals surface area contributed by atoms with Crippen LogP contribution in [0.25, 0.3) is 21.0 Å². The molecule has 0 spiro atoms. The molecule has 0 aliphatic heterocycles. The maximum absolute atomic E-state index is 12.3. The molecule has 1 atom stereocenters. The van der Waals surface area contributed by atoms with E-state index in [1.54, 1.807) is 0 Å². The van der Waals surface area contributed by atoms with Gasteiger partial charge in [0.25, 0.3) is 5.91 Å². The summed E-state index contributed by atoms with van der Waals surface area (Å²) in [5.74, 6) is -0.0503. The predicted molar refractivity (Wildman–Crippen MR) is 89.4 cm³/mol. The molecule has 0 radical (unpaired) electrons. The standard InChI is InChI=1S/C16H15ClN2OS/c1-3-9(2)18-16(20)13-8-11-14(21-13)10-6-4-5-7-12(10)19-15(11)17/h4-9H,3H2,1-2H3,(H,18,20). The van der Waals surface area contributed by atoms with Crippen LogP contribution in [0.4, 0.5) is 0 Å². The number of nitrogens with zero attached hydrogens (tertiary/aromatic N) is 1. The van der Waals surface area contributed by atoms with Crippen LogP contribution in [0, 0.1) is 0 Å². The first-order valence-corrected chi connectivity index (χ1v) is 8.08. The Hall–Kier alpha value is -1.65. The van der Waals surface area contributed by atoms with Crippen molar-refractivity contribution in [1.82, 2.24) is 10.3 Å². The highest BCUT2D eigenvalue weighted by atomic mass is 35.5. The van der Waals surface area contributed by atoms with Gasteiger partial charge in [-0.3, -0.25) is 4.79 Å². The summed E-state index contributed by atoms with van der Waals surface area (Å²) in [4.78, 5) is 17.3. The maximum Gasteiger partial charge on any atom is 0.261 e. The number of hydrogen-bond donors (Lipinski definition) is 1. The largest absolute Gasteiger partial charge is 0.349 e. The highest BCUT2D eigenvalue weighted by molar-refractivity contribution is 7.21. The monoisotopic (exact) mass is 318 g/mol. The first-order chi connectivity index (χ1) is 10.1. The lowest BCUT2D eigenvalue weighted by Crippen LogP contribution is -2.31. The number of carbonyl (C=O) groups is 1. The Bertz CT molecular complexity index is 828. The Morgan fingerprint density at radius 2 is 2.14 bits per heavy atom. The van der Waals surface area contributed by atoms with Gasteiger partial charge in [0.15, 0.2) is 0 Å². The van der Waals surface area contributed by atoms with Crippen molar-refractivity contribution in [3.63, 3.8) is 0 Å². The number of fused-ring (bicyclic) bond motifs is 3. The Labute approximate surface area is 131 Å². The summed E-state index contributed by atoms with van der Waals surface area (Å²) in [6.07, 6.45) is 0.905. The summed E-state index contributed by atoms with van der Waals surface area (Å²) in [6, 6.07) is 9.83. The summed E-state index contributed by atoms with van der Waals surface area (Å²) >= 11 is 7.72. The molecule has 108 valence electrons. The molecule has 0 saturated heterocycles. The third kappa shape index (κ3) is 2.61. The second-order valence-corrected chi connectivity index (χ2v) is 6.47. The fourth-order valence-corrected chi connectivity index (χ4v) is 3.57. The zero-order valence-corrected chi connectivity index (χ0v) is 13.4. The summed E-state index contributed by atoms with van der Waals surface area (Å²) in [6.45, 7) is 4.04. The van der Waals surface area contributed by atoms with Gasteiger partial charge < -0.3 is 5.32 Å². The number of hydrogen-bond acceptors (Lipinski definition) is 3. The van der Waals surface area contributed by atoms with Crippen molar-refractivity contribution in [3.05, 3.63) is 40.4 Å². The molecule has 3 rings (SSSR count). The fraction of sp³-hybridized carbons (Fsp3) is 0.250. The first kappa shape index (κ1) is 14.3. The van der Waals surface area contributed by atoms with Crippen molar-refractivity contribution in [1.29, 1.82) is 0 Å². The minimum atomic E-state index is -0.0503. The van der Waals surface area contributed by atoms with Gasteiger partial charge >= 0.3 is 0 Å². The molecule has 1 unspecified atom stereocenters. The number of pyridine rings is 1. The van der Waals surface area contributed by atoms with Crippen LogP contribution in [-0.4, -0.2) is 16.9 Å². The SMILES string of the molecule is CCC(C)NC(=O)c1cc2c(Cl)nc3ccccc3c2s1.